The number of nitrogens with zero attached hydrogens (tertiary/aromatic N) is 3. The zero-order valence-electron chi connectivity index (χ0n) is 23.3. The molecular weight excluding hydrogens is 552 g/mol. The van der Waals surface area contributed by atoms with Crippen LogP contribution in [0.4, 0.5) is 8.78 Å². The molecule has 3 aromatic carbocycles. The van der Waals surface area contributed by atoms with Gasteiger partial charge >= 0.3 is 0 Å². The minimum atomic E-state index is -1.08. The van der Waals surface area contributed by atoms with Crippen molar-refractivity contribution in [1.82, 2.24) is 9.58 Å². The lowest BCUT2D eigenvalue weighted by molar-refractivity contribution is 0.0253. The number of hydrogen-bond acceptors (Lipinski definition) is 5. The summed E-state index contributed by atoms with van der Waals surface area (Å²) >= 11 is 0. The highest BCUT2D eigenvalue weighted by Crippen LogP contribution is 2.45. The van der Waals surface area contributed by atoms with Crippen LogP contribution in [0.2, 0.25) is 0 Å². The van der Waals surface area contributed by atoms with Gasteiger partial charge in [0.05, 0.1) is 5.54 Å². The van der Waals surface area contributed by atoms with Crippen molar-refractivity contribution >= 4 is 5.91 Å². The van der Waals surface area contributed by atoms with Gasteiger partial charge in [-0.25, -0.2) is 4.39 Å². The van der Waals surface area contributed by atoms with Crippen molar-refractivity contribution in [2.24, 2.45) is 0 Å². The monoisotopic (exact) mass is 581 g/mol. The van der Waals surface area contributed by atoms with Crippen molar-refractivity contribution in [2.75, 3.05) is 18.3 Å². The van der Waals surface area contributed by atoms with Gasteiger partial charge in [0.15, 0.2) is 23.0 Å². The van der Waals surface area contributed by atoms with Crippen LogP contribution in [0, 0.1) is 11.6 Å². The summed E-state index contributed by atoms with van der Waals surface area (Å²) in [5.74, 6) is -2.70. The summed E-state index contributed by atoms with van der Waals surface area (Å²) in [6, 6.07) is 22.0. The molecule has 2 bridgehead atoms. The van der Waals surface area contributed by atoms with Crippen LogP contribution in [0.15, 0.2) is 102 Å². The maximum atomic E-state index is 15.4. The first-order valence-electron chi connectivity index (χ1n) is 14.3. The van der Waals surface area contributed by atoms with Crippen molar-refractivity contribution in [2.45, 2.75) is 37.5 Å². The molecule has 2 aliphatic heterocycles. The van der Waals surface area contributed by atoms with E-state index in [0.29, 0.717) is 18.4 Å². The summed E-state index contributed by atoms with van der Waals surface area (Å²) in [6.07, 6.45) is 7.57. The molecule has 1 amide bonds. The lowest BCUT2D eigenvalue weighted by Crippen LogP contribution is -2.64. The predicted octanol–water partition coefficient (Wildman–Crippen LogP) is 5.72. The second kappa shape index (κ2) is 10.7. The minimum absolute atomic E-state index is 0.00506. The molecule has 7 nitrogen and oxygen atoms in total. The lowest BCUT2D eigenvalue weighted by Gasteiger charge is -2.54. The smallest absolute Gasteiger partial charge is 0.278 e. The number of rotatable bonds is 4. The first-order chi connectivity index (χ1) is 21.0. The molecule has 7 rings (SSSR count). The van der Waals surface area contributed by atoms with E-state index in [1.807, 2.05) is 71.7 Å². The molecule has 1 atom stereocenters. The minimum Gasteiger partial charge on any atom is -0.486 e. The number of carbonyl (C=O) groups excluding carboxylic acids is 1. The van der Waals surface area contributed by atoms with Gasteiger partial charge in [0.2, 0.25) is 11.2 Å². The van der Waals surface area contributed by atoms with E-state index in [1.165, 1.54) is 12.1 Å². The van der Waals surface area contributed by atoms with Gasteiger partial charge in [-0.1, -0.05) is 66.7 Å². The fraction of sp³-hybridized carbons (Fsp3) is 0.235. The van der Waals surface area contributed by atoms with Crippen molar-refractivity contribution in [3.8, 4) is 11.5 Å². The van der Waals surface area contributed by atoms with Crippen LogP contribution in [0.1, 0.15) is 52.5 Å². The number of hydrogen-bond donors (Lipinski definition) is 0. The Bertz CT molecular complexity index is 1770. The third kappa shape index (κ3) is 4.56. The van der Waals surface area contributed by atoms with Crippen LogP contribution in [-0.2, 0) is 6.61 Å². The summed E-state index contributed by atoms with van der Waals surface area (Å²) in [5.41, 5.74) is 1.02. The Labute approximate surface area is 247 Å². The van der Waals surface area contributed by atoms with Crippen LogP contribution in [0.3, 0.4) is 0 Å². The first kappa shape index (κ1) is 26.9. The second-order valence-electron chi connectivity index (χ2n) is 11.1. The number of fused-ring (bicyclic) bond motifs is 6. The first-order valence-corrected chi connectivity index (χ1v) is 14.3. The zero-order chi connectivity index (χ0) is 29.6. The van der Waals surface area contributed by atoms with E-state index in [-0.39, 0.29) is 43.0 Å². The van der Waals surface area contributed by atoms with Crippen LogP contribution >= 0.6 is 0 Å². The van der Waals surface area contributed by atoms with Crippen LogP contribution in [-0.4, -0.2) is 34.3 Å². The molecule has 1 aliphatic carbocycles. The maximum Gasteiger partial charge on any atom is 0.278 e. The van der Waals surface area contributed by atoms with E-state index in [9.17, 15) is 14.0 Å². The number of halogens is 2. The Morgan fingerprint density at radius 3 is 2.40 bits per heavy atom. The Balaban J connectivity index is 1.47. The van der Waals surface area contributed by atoms with E-state index in [1.54, 1.807) is 21.8 Å². The number of pyridine rings is 1. The van der Waals surface area contributed by atoms with Gasteiger partial charge in [0, 0.05) is 17.8 Å². The van der Waals surface area contributed by atoms with Gasteiger partial charge in [0.1, 0.15) is 25.9 Å². The molecule has 218 valence electrons. The van der Waals surface area contributed by atoms with Gasteiger partial charge in [-0.3, -0.25) is 19.3 Å². The van der Waals surface area contributed by atoms with Crippen molar-refractivity contribution in [1.29, 1.82) is 0 Å². The third-order valence-corrected chi connectivity index (χ3v) is 8.57. The normalized spacial score (nSPS) is 19.4. The average molecular weight is 582 g/mol. The van der Waals surface area contributed by atoms with E-state index < -0.39 is 28.6 Å². The van der Waals surface area contributed by atoms with Gasteiger partial charge in [0.25, 0.3) is 5.91 Å². The van der Waals surface area contributed by atoms with Crippen molar-refractivity contribution < 1.29 is 23.0 Å². The fourth-order valence-electron chi connectivity index (χ4n) is 6.26. The van der Waals surface area contributed by atoms with Crippen LogP contribution in [0.25, 0.3) is 0 Å². The zero-order valence-corrected chi connectivity index (χ0v) is 23.3. The fourth-order valence-corrected chi connectivity index (χ4v) is 6.26. The molecule has 1 fully saturated rings. The molecule has 3 heterocycles. The van der Waals surface area contributed by atoms with Crippen molar-refractivity contribution in [3.05, 3.63) is 141 Å². The molecule has 3 aliphatic rings. The molecule has 1 spiro atoms. The summed E-state index contributed by atoms with van der Waals surface area (Å²) < 4.78 is 43.7. The second-order valence-corrected chi connectivity index (χ2v) is 11.1. The predicted molar refractivity (Wildman–Crippen MR) is 157 cm³/mol. The highest BCUT2D eigenvalue weighted by Gasteiger charge is 2.49. The van der Waals surface area contributed by atoms with E-state index in [4.69, 9.17) is 9.47 Å². The van der Waals surface area contributed by atoms with E-state index >= 15 is 4.39 Å². The summed E-state index contributed by atoms with van der Waals surface area (Å²) in [7, 11) is 0. The lowest BCUT2D eigenvalue weighted by atomic mass is 9.74. The molecule has 0 radical (unpaired) electrons. The Hall–Kier alpha value is -4.92. The Morgan fingerprint density at radius 2 is 1.67 bits per heavy atom. The molecule has 1 aromatic heterocycles. The highest BCUT2D eigenvalue weighted by atomic mass is 19.2. The highest BCUT2D eigenvalue weighted by molar-refractivity contribution is 5.97. The number of benzene rings is 3. The number of ether oxygens (including phenoxy) is 2. The third-order valence-electron chi connectivity index (χ3n) is 8.57. The SMILES string of the molecule is O=C1c2c(OCc3ccccc3)c(=O)ccn2N2CN1C1(/C=C/COc3c(ccc(F)c3F)[C@H]2c2ccccc2)CCC1. The number of carbonyl (C=O) groups is 1. The molecular formula is C34H29F2N3O4. The maximum absolute atomic E-state index is 15.4. The molecule has 0 unspecified atom stereocenters. The molecule has 0 N–H and O–H groups in total. The van der Waals surface area contributed by atoms with Crippen LogP contribution < -0.4 is 19.9 Å². The standard InChI is InChI=1S/C34H29F2N3O4/c35-26-14-13-25-29(24-11-5-2-6-12-24)39-22-37(34(16-7-17-34)18-8-20-42-31(25)28(26)36)33(41)30-32(27(40)15-19-38(30)39)43-21-23-9-3-1-4-10-23/h1-6,8-15,18-19,29H,7,16-17,20-22H2/b18-8+/t29-/m1/s1. The van der Waals surface area contributed by atoms with Crippen molar-refractivity contribution in [3.63, 3.8) is 0 Å². The van der Waals surface area contributed by atoms with Crippen LogP contribution in [0.5, 0.6) is 11.5 Å². The molecule has 43 heavy (non-hydrogen) atoms. The molecule has 0 saturated heterocycles. The summed E-state index contributed by atoms with van der Waals surface area (Å²) in [6.45, 7) is 0.207. The van der Waals surface area contributed by atoms with Gasteiger partial charge in [-0.2, -0.15) is 4.39 Å². The number of aromatic nitrogens is 1. The van der Waals surface area contributed by atoms with Gasteiger partial charge in [-0.05, 0) is 48.6 Å². The molecule has 9 heteroatoms. The molecule has 1 saturated carbocycles. The quantitative estimate of drug-likeness (QED) is 0.289. The summed E-state index contributed by atoms with van der Waals surface area (Å²) in [4.78, 5) is 29.6. The average Bonchev–Trinajstić information content (AvgIpc) is 3.03. The molecule has 4 aromatic rings. The van der Waals surface area contributed by atoms with E-state index in [2.05, 4.69) is 0 Å². The largest absolute Gasteiger partial charge is 0.486 e. The Kier molecular flexibility index (Phi) is 6.72. The van der Waals surface area contributed by atoms with Gasteiger partial charge < -0.3 is 14.4 Å². The Morgan fingerprint density at radius 1 is 0.930 bits per heavy atom. The summed E-state index contributed by atoms with van der Waals surface area (Å²) in [5, 5.41) is 1.89. The van der Waals surface area contributed by atoms with E-state index in [0.717, 1.165) is 23.6 Å². The topological polar surface area (TPSA) is 64.0 Å². The van der Waals surface area contributed by atoms with Gasteiger partial charge in [-0.15, -0.1) is 0 Å². The number of amides is 1.